The highest BCUT2D eigenvalue weighted by atomic mass is 16.5. The number of carbonyl (C=O) groups excluding carboxylic acids is 2. The molecule has 0 saturated heterocycles. The van der Waals surface area contributed by atoms with Gasteiger partial charge in [0.15, 0.2) is 5.78 Å². The normalized spacial score (nSPS) is 50.5. The van der Waals surface area contributed by atoms with Gasteiger partial charge in [0.25, 0.3) is 0 Å². The van der Waals surface area contributed by atoms with Gasteiger partial charge in [-0.2, -0.15) is 0 Å². The van der Waals surface area contributed by atoms with E-state index in [9.17, 15) is 14.7 Å². The maximum atomic E-state index is 14.3. The molecule has 4 nitrogen and oxygen atoms in total. The van der Waals surface area contributed by atoms with Gasteiger partial charge in [0.05, 0.1) is 18.6 Å². The Morgan fingerprint density at radius 2 is 1.57 bits per heavy atom. The molecule has 3 fully saturated rings. The van der Waals surface area contributed by atoms with Crippen molar-refractivity contribution in [3.8, 4) is 0 Å². The van der Waals surface area contributed by atoms with Crippen molar-refractivity contribution in [2.24, 2.45) is 44.3 Å². The predicted octanol–water partition coefficient (Wildman–Crippen LogP) is 6.42. The molecule has 3 saturated carbocycles. The van der Waals surface area contributed by atoms with Crippen LogP contribution in [0.4, 0.5) is 0 Å². The molecule has 0 bridgehead atoms. The number of methoxy groups -OCH3 is 1. The molecule has 8 atom stereocenters. The van der Waals surface area contributed by atoms with Crippen molar-refractivity contribution >= 4 is 11.8 Å². The van der Waals surface area contributed by atoms with E-state index in [4.69, 9.17) is 4.74 Å². The molecule has 5 aliphatic carbocycles. The minimum atomic E-state index is -0.642. The Balaban J connectivity index is 1.67. The van der Waals surface area contributed by atoms with Crippen molar-refractivity contribution in [3.05, 3.63) is 23.3 Å². The van der Waals surface area contributed by atoms with Gasteiger partial charge in [0.2, 0.25) is 0 Å². The van der Waals surface area contributed by atoms with Crippen LogP contribution in [0.1, 0.15) is 99.8 Å². The van der Waals surface area contributed by atoms with Crippen LogP contribution in [0.2, 0.25) is 0 Å². The number of rotatable bonds is 1. The standard InChI is InChI=1S/C31H46O4/c1-26(2)22-9-12-31(7)24(29(22,5)11-10-23(26)33)21(32)17-19-20-18-28(4,25(34)35-8)14-13-27(20,3)15-16-30(19,31)6/h17-18,22-24,33H,9-16H2,1-8H3/t22-,23-,24-,27+,28-,29-,30+,31+/m0/s1. The van der Waals surface area contributed by atoms with Crippen LogP contribution < -0.4 is 0 Å². The summed E-state index contributed by atoms with van der Waals surface area (Å²) in [5.41, 5.74) is 1.24. The molecule has 0 aromatic carbocycles. The van der Waals surface area contributed by atoms with Gasteiger partial charge >= 0.3 is 5.97 Å². The number of aliphatic hydroxyl groups excluding tert-OH is 1. The highest BCUT2D eigenvalue weighted by Gasteiger charge is 2.69. The maximum Gasteiger partial charge on any atom is 0.315 e. The Hall–Kier alpha value is -1.42. The predicted molar refractivity (Wildman–Crippen MR) is 137 cm³/mol. The van der Waals surface area contributed by atoms with Crippen LogP contribution in [0, 0.1) is 44.3 Å². The van der Waals surface area contributed by atoms with Gasteiger partial charge in [-0.25, -0.2) is 0 Å². The topological polar surface area (TPSA) is 63.6 Å². The average molecular weight is 483 g/mol. The minimum absolute atomic E-state index is 0.000392. The van der Waals surface area contributed by atoms with Crippen LogP contribution in [0.25, 0.3) is 0 Å². The molecule has 0 spiro atoms. The molecule has 0 aliphatic heterocycles. The Morgan fingerprint density at radius 3 is 2.23 bits per heavy atom. The highest BCUT2D eigenvalue weighted by Crippen LogP contribution is 2.74. The van der Waals surface area contributed by atoms with Crippen LogP contribution in [-0.2, 0) is 14.3 Å². The lowest BCUT2D eigenvalue weighted by molar-refractivity contribution is -0.197. The minimum Gasteiger partial charge on any atom is -0.468 e. The number of ether oxygens (including phenoxy) is 1. The van der Waals surface area contributed by atoms with Crippen LogP contribution >= 0.6 is 0 Å². The van der Waals surface area contributed by atoms with E-state index in [1.54, 1.807) is 0 Å². The average Bonchev–Trinajstić information content (AvgIpc) is 2.78. The first-order chi connectivity index (χ1) is 16.1. The zero-order chi connectivity index (χ0) is 25.8. The van der Waals surface area contributed by atoms with Gasteiger partial charge < -0.3 is 9.84 Å². The Labute approximate surface area is 212 Å². The van der Waals surface area contributed by atoms with Gasteiger partial charge in [-0.05, 0) is 109 Å². The lowest BCUT2D eigenvalue weighted by Crippen LogP contribution is -2.65. The molecule has 1 N–H and O–H groups in total. The third-order valence-corrected chi connectivity index (χ3v) is 12.6. The second-order valence-corrected chi connectivity index (χ2v) is 14.6. The molecule has 0 heterocycles. The molecule has 0 amide bonds. The molecule has 0 radical (unpaired) electrons. The zero-order valence-corrected chi connectivity index (χ0v) is 23.2. The lowest BCUT2D eigenvalue weighted by atomic mass is 9.34. The quantitative estimate of drug-likeness (QED) is 0.438. The summed E-state index contributed by atoms with van der Waals surface area (Å²) >= 11 is 0. The van der Waals surface area contributed by atoms with Crippen molar-refractivity contribution in [2.75, 3.05) is 7.11 Å². The Bertz CT molecular complexity index is 1040. The van der Waals surface area contributed by atoms with Gasteiger partial charge in [-0.3, -0.25) is 9.59 Å². The first-order valence-corrected chi connectivity index (χ1v) is 13.9. The zero-order valence-electron chi connectivity index (χ0n) is 23.2. The lowest BCUT2D eigenvalue weighted by Gasteiger charge is -2.69. The molecule has 4 heteroatoms. The van der Waals surface area contributed by atoms with E-state index < -0.39 is 5.41 Å². The first-order valence-electron chi connectivity index (χ1n) is 13.9. The van der Waals surface area contributed by atoms with Crippen molar-refractivity contribution in [1.82, 2.24) is 0 Å². The van der Waals surface area contributed by atoms with Gasteiger partial charge in [0, 0.05) is 5.92 Å². The molecule has 0 aromatic rings. The number of ketones is 1. The summed E-state index contributed by atoms with van der Waals surface area (Å²) < 4.78 is 5.20. The number of hydrogen-bond donors (Lipinski definition) is 1. The molecular weight excluding hydrogens is 436 g/mol. The molecule has 35 heavy (non-hydrogen) atoms. The van der Waals surface area contributed by atoms with Crippen LogP contribution in [0.5, 0.6) is 0 Å². The number of hydrogen-bond acceptors (Lipinski definition) is 4. The maximum absolute atomic E-state index is 14.3. The van der Waals surface area contributed by atoms with Gasteiger partial charge in [-0.15, -0.1) is 0 Å². The summed E-state index contributed by atoms with van der Waals surface area (Å²) in [5.74, 6) is 0.400. The Morgan fingerprint density at radius 1 is 0.914 bits per heavy atom. The number of carbonyl (C=O) groups is 2. The van der Waals surface area contributed by atoms with Gasteiger partial charge in [0.1, 0.15) is 0 Å². The summed E-state index contributed by atoms with van der Waals surface area (Å²) in [5, 5.41) is 10.9. The van der Waals surface area contributed by atoms with Crippen molar-refractivity contribution in [1.29, 1.82) is 0 Å². The van der Waals surface area contributed by atoms with E-state index in [1.807, 2.05) is 13.0 Å². The number of esters is 1. The smallest absolute Gasteiger partial charge is 0.315 e. The fourth-order valence-corrected chi connectivity index (χ4v) is 9.98. The molecule has 0 unspecified atom stereocenters. The van der Waals surface area contributed by atoms with E-state index in [2.05, 4.69) is 47.6 Å². The van der Waals surface area contributed by atoms with Crippen molar-refractivity contribution < 1.29 is 19.4 Å². The molecular formula is C31H46O4. The van der Waals surface area contributed by atoms with Crippen molar-refractivity contribution in [2.45, 2.75) is 106 Å². The van der Waals surface area contributed by atoms with E-state index in [-0.39, 0.29) is 50.8 Å². The Kier molecular flexibility index (Phi) is 5.29. The molecule has 5 rings (SSSR count). The third-order valence-electron chi connectivity index (χ3n) is 12.6. The summed E-state index contributed by atoms with van der Waals surface area (Å²) in [6.45, 7) is 15.9. The summed E-state index contributed by atoms with van der Waals surface area (Å²) in [4.78, 5) is 27.0. The van der Waals surface area contributed by atoms with E-state index in [0.717, 1.165) is 51.4 Å². The highest BCUT2D eigenvalue weighted by molar-refractivity contribution is 5.96. The number of allylic oxidation sites excluding steroid dienone is 3. The summed E-state index contributed by atoms with van der Waals surface area (Å²) in [6.07, 6.45) is 11.5. The summed E-state index contributed by atoms with van der Waals surface area (Å²) in [6, 6.07) is 0. The fourth-order valence-electron chi connectivity index (χ4n) is 9.98. The SMILES string of the molecule is COC(=O)[C@]1(C)C=C2C3=CC(=O)[C@H]4[C@@]5(C)CC[C@H](O)C(C)(C)[C@@H]5CC[C@@]4(C)[C@]3(C)CC[C@@]2(C)CC1. The molecule has 194 valence electrons. The fraction of sp³-hybridized carbons (Fsp3) is 0.806. The first kappa shape index (κ1) is 25.2. The van der Waals surface area contributed by atoms with Crippen LogP contribution in [-0.4, -0.2) is 30.1 Å². The second kappa shape index (κ2) is 7.33. The monoisotopic (exact) mass is 482 g/mol. The number of fused-ring (bicyclic) bond motifs is 7. The number of aliphatic hydroxyl groups is 1. The largest absolute Gasteiger partial charge is 0.468 e. The summed E-state index contributed by atoms with van der Waals surface area (Å²) in [7, 11) is 1.47. The third kappa shape index (κ3) is 3.01. The molecule has 5 aliphatic rings. The second-order valence-electron chi connectivity index (χ2n) is 14.6. The molecule has 0 aromatic heterocycles. The van der Waals surface area contributed by atoms with E-state index in [0.29, 0.717) is 5.92 Å². The van der Waals surface area contributed by atoms with E-state index >= 15 is 0 Å². The van der Waals surface area contributed by atoms with Gasteiger partial charge in [-0.1, -0.05) is 47.6 Å². The van der Waals surface area contributed by atoms with E-state index in [1.165, 1.54) is 18.3 Å². The van der Waals surface area contributed by atoms with Crippen LogP contribution in [0.15, 0.2) is 23.3 Å². The van der Waals surface area contributed by atoms with Crippen molar-refractivity contribution in [3.63, 3.8) is 0 Å². The van der Waals surface area contributed by atoms with Crippen LogP contribution in [0.3, 0.4) is 0 Å².